The molecule has 0 bridgehead atoms. The summed E-state index contributed by atoms with van der Waals surface area (Å²) in [4.78, 5) is 11.3. The molecule has 0 atom stereocenters. The highest BCUT2D eigenvalue weighted by Crippen LogP contribution is 2.23. The van der Waals surface area contributed by atoms with Crippen molar-refractivity contribution in [2.75, 3.05) is 28.0 Å². The number of hydrogen-bond donors (Lipinski definition) is 2. The van der Waals surface area contributed by atoms with Crippen LogP contribution >= 0.6 is 15.9 Å². The van der Waals surface area contributed by atoms with Crippen molar-refractivity contribution in [2.24, 2.45) is 0 Å². The first-order valence-electron chi connectivity index (χ1n) is 9.57. The second kappa shape index (κ2) is 9.44. The molecule has 0 saturated heterocycles. The average Bonchev–Trinajstić information content (AvgIpc) is 2.70. The van der Waals surface area contributed by atoms with Crippen molar-refractivity contribution < 1.29 is 8.42 Å². The zero-order valence-corrected chi connectivity index (χ0v) is 19.5. The van der Waals surface area contributed by atoms with E-state index in [2.05, 4.69) is 54.7 Å². The van der Waals surface area contributed by atoms with Gasteiger partial charge in [0, 0.05) is 35.0 Å². The van der Waals surface area contributed by atoms with Crippen LogP contribution in [0, 0.1) is 6.92 Å². The molecule has 0 unspecified atom stereocenters. The van der Waals surface area contributed by atoms with Gasteiger partial charge in [-0.3, -0.25) is 4.72 Å². The van der Waals surface area contributed by atoms with Crippen molar-refractivity contribution in [1.82, 2.24) is 9.97 Å². The first-order valence-corrected chi connectivity index (χ1v) is 11.8. The van der Waals surface area contributed by atoms with E-state index < -0.39 is 10.0 Å². The fourth-order valence-electron chi connectivity index (χ4n) is 2.92. The number of nitrogens with zero attached hydrogens (tertiary/aromatic N) is 3. The third-order valence-electron chi connectivity index (χ3n) is 4.45. The van der Waals surface area contributed by atoms with Gasteiger partial charge in [-0.2, -0.15) is 0 Å². The van der Waals surface area contributed by atoms with E-state index in [1.165, 1.54) is 0 Å². The average molecular weight is 490 g/mol. The van der Waals surface area contributed by atoms with Gasteiger partial charge in [-0.1, -0.05) is 15.9 Å². The summed E-state index contributed by atoms with van der Waals surface area (Å²) < 4.78 is 28.5. The Morgan fingerprint density at radius 3 is 2.13 bits per heavy atom. The van der Waals surface area contributed by atoms with Gasteiger partial charge in [0.05, 0.1) is 4.90 Å². The normalized spacial score (nSPS) is 11.2. The lowest BCUT2D eigenvalue weighted by atomic mass is 10.3. The van der Waals surface area contributed by atoms with Crippen LogP contribution in [-0.2, 0) is 10.0 Å². The van der Waals surface area contributed by atoms with Gasteiger partial charge in [0.25, 0.3) is 10.0 Å². The standard InChI is InChI=1S/C21H24BrN5O2S/c1-4-27(5-2)21-14-20(23-15(3)24-21)25-17-8-10-18(11-9-17)26-30(28,29)19-12-6-16(22)7-13-19/h6-14,26H,4-5H2,1-3H3,(H,23,24,25). The van der Waals surface area contributed by atoms with Crippen molar-refractivity contribution in [3.05, 3.63) is 64.9 Å². The summed E-state index contributed by atoms with van der Waals surface area (Å²) in [5.74, 6) is 2.24. The first kappa shape index (κ1) is 22.0. The van der Waals surface area contributed by atoms with Crippen LogP contribution in [0.15, 0.2) is 64.0 Å². The number of benzene rings is 2. The van der Waals surface area contributed by atoms with E-state index in [9.17, 15) is 8.42 Å². The Labute approximate surface area is 185 Å². The van der Waals surface area contributed by atoms with Gasteiger partial charge in [-0.25, -0.2) is 18.4 Å². The predicted octanol–water partition coefficient (Wildman–Crippen LogP) is 4.94. The zero-order valence-electron chi connectivity index (χ0n) is 17.1. The molecule has 0 amide bonds. The Kier molecular flexibility index (Phi) is 6.94. The fraction of sp³-hybridized carbons (Fsp3) is 0.238. The quantitative estimate of drug-likeness (QED) is 0.465. The van der Waals surface area contributed by atoms with Crippen molar-refractivity contribution in [3.63, 3.8) is 0 Å². The molecule has 9 heteroatoms. The number of sulfonamides is 1. The molecule has 0 aliphatic rings. The number of aromatic nitrogens is 2. The summed E-state index contributed by atoms with van der Waals surface area (Å²) in [5.41, 5.74) is 1.27. The molecule has 0 saturated carbocycles. The zero-order chi connectivity index (χ0) is 21.7. The number of hydrogen-bond acceptors (Lipinski definition) is 6. The van der Waals surface area contributed by atoms with Crippen molar-refractivity contribution >= 4 is 49.0 Å². The summed E-state index contributed by atoms with van der Waals surface area (Å²) in [7, 11) is -3.65. The van der Waals surface area contributed by atoms with Gasteiger partial charge in [0.1, 0.15) is 17.5 Å². The predicted molar refractivity (Wildman–Crippen MR) is 125 cm³/mol. The third kappa shape index (κ3) is 5.48. The maximum Gasteiger partial charge on any atom is 0.261 e. The summed E-state index contributed by atoms with van der Waals surface area (Å²) >= 11 is 3.31. The molecule has 3 rings (SSSR count). The summed E-state index contributed by atoms with van der Waals surface area (Å²) in [6.45, 7) is 7.75. The molecule has 30 heavy (non-hydrogen) atoms. The molecule has 0 fully saturated rings. The maximum atomic E-state index is 12.5. The van der Waals surface area contributed by atoms with Crippen LogP contribution in [0.1, 0.15) is 19.7 Å². The smallest absolute Gasteiger partial charge is 0.261 e. The second-order valence-corrected chi connectivity index (χ2v) is 9.19. The van der Waals surface area contributed by atoms with Crippen LogP contribution in [0.5, 0.6) is 0 Å². The number of nitrogens with one attached hydrogen (secondary N) is 2. The number of anilines is 4. The van der Waals surface area contributed by atoms with Gasteiger partial charge in [0.2, 0.25) is 0 Å². The third-order valence-corrected chi connectivity index (χ3v) is 6.37. The van der Waals surface area contributed by atoms with Crippen molar-refractivity contribution in [3.8, 4) is 0 Å². The van der Waals surface area contributed by atoms with E-state index in [4.69, 9.17) is 0 Å². The Morgan fingerprint density at radius 1 is 0.933 bits per heavy atom. The molecule has 2 N–H and O–H groups in total. The molecule has 0 radical (unpaired) electrons. The highest BCUT2D eigenvalue weighted by molar-refractivity contribution is 9.10. The summed E-state index contributed by atoms with van der Waals surface area (Å²) in [6, 6.07) is 15.4. The monoisotopic (exact) mass is 489 g/mol. The molecule has 7 nitrogen and oxygen atoms in total. The largest absolute Gasteiger partial charge is 0.357 e. The molecule has 2 aromatic carbocycles. The van der Waals surface area contributed by atoms with Crippen LogP contribution < -0.4 is 14.9 Å². The Balaban J connectivity index is 1.74. The second-order valence-electron chi connectivity index (χ2n) is 6.59. The van der Waals surface area contributed by atoms with Crippen LogP contribution in [0.3, 0.4) is 0 Å². The minimum Gasteiger partial charge on any atom is -0.357 e. The number of rotatable bonds is 8. The molecule has 0 spiro atoms. The summed E-state index contributed by atoms with van der Waals surface area (Å²) in [5, 5.41) is 3.26. The van der Waals surface area contributed by atoms with Gasteiger partial charge in [-0.05, 0) is 69.3 Å². The molecular weight excluding hydrogens is 466 g/mol. The Bertz CT molecular complexity index is 1100. The van der Waals surface area contributed by atoms with E-state index in [1.54, 1.807) is 48.5 Å². The molecule has 158 valence electrons. The minimum atomic E-state index is -3.65. The van der Waals surface area contributed by atoms with Gasteiger partial charge >= 0.3 is 0 Å². The topological polar surface area (TPSA) is 87.2 Å². The molecule has 3 aromatic rings. The van der Waals surface area contributed by atoms with Gasteiger partial charge < -0.3 is 10.2 Å². The van der Waals surface area contributed by atoms with E-state index in [0.717, 1.165) is 29.1 Å². The molecule has 0 aliphatic carbocycles. The highest BCUT2D eigenvalue weighted by atomic mass is 79.9. The van der Waals surface area contributed by atoms with E-state index in [0.29, 0.717) is 17.3 Å². The lowest BCUT2D eigenvalue weighted by Crippen LogP contribution is -2.23. The minimum absolute atomic E-state index is 0.202. The van der Waals surface area contributed by atoms with Gasteiger partial charge in [-0.15, -0.1) is 0 Å². The van der Waals surface area contributed by atoms with Gasteiger partial charge in [0.15, 0.2) is 0 Å². The molecule has 1 aromatic heterocycles. The summed E-state index contributed by atoms with van der Waals surface area (Å²) in [6.07, 6.45) is 0. The molecular formula is C21H24BrN5O2S. The Hall–Kier alpha value is -2.65. The lowest BCUT2D eigenvalue weighted by molar-refractivity contribution is 0.601. The Morgan fingerprint density at radius 2 is 1.53 bits per heavy atom. The highest BCUT2D eigenvalue weighted by Gasteiger charge is 2.14. The first-order chi connectivity index (χ1) is 14.3. The maximum absolute atomic E-state index is 12.5. The molecule has 1 heterocycles. The molecule has 0 aliphatic heterocycles. The lowest BCUT2D eigenvalue weighted by Gasteiger charge is -2.20. The van der Waals surface area contributed by atoms with Crippen LogP contribution in [0.4, 0.5) is 23.0 Å². The van der Waals surface area contributed by atoms with Crippen molar-refractivity contribution in [2.45, 2.75) is 25.7 Å². The van der Waals surface area contributed by atoms with Crippen LogP contribution in [0.2, 0.25) is 0 Å². The van der Waals surface area contributed by atoms with E-state index >= 15 is 0 Å². The number of halogens is 1. The fourth-order valence-corrected chi connectivity index (χ4v) is 4.25. The van der Waals surface area contributed by atoms with E-state index in [-0.39, 0.29) is 4.90 Å². The van der Waals surface area contributed by atoms with Crippen LogP contribution in [-0.4, -0.2) is 31.5 Å². The SMILES string of the molecule is CCN(CC)c1cc(Nc2ccc(NS(=O)(=O)c3ccc(Br)cc3)cc2)nc(C)n1. The van der Waals surface area contributed by atoms with Crippen molar-refractivity contribution in [1.29, 1.82) is 0 Å². The van der Waals surface area contributed by atoms with E-state index in [1.807, 2.05) is 13.0 Å². The number of aryl methyl sites for hydroxylation is 1. The van der Waals surface area contributed by atoms with Crippen LogP contribution in [0.25, 0.3) is 0 Å².